The lowest BCUT2D eigenvalue weighted by atomic mass is 10.2. The third-order valence-electron chi connectivity index (χ3n) is 3.36. The number of benzene rings is 2. The van der Waals surface area contributed by atoms with Crippen molar-refractivity contribution in [2.75, 3.05) is 10.6 Å². The highest BCUT2D eigenvalue weighted by Crippen LogP contribution is 2.20. The third-order valence-corrected chi connectivity index (χ3v) is 3.61. The van der Waals surface area contributed by atoms with Gasteiger partial charge < -0.3 is 10.6 Å². The molecule has 0 aliphatic carbocycles. The number of pyridine rings is 1. The highest BCUT2D eigenvalue weighted by molar-refractivity contribution is 6.30. The van der Waals surface area contributed by atoms with Gasteiger partial charge in [-0.2, -0.15) is 0 Å². The number of rotatable bonds is 4. The van der Waals surface area contributed by atoms with Gasteiger partial charge in [-0.25, -0.2) is 0 Å². The molecule has 0 unspecified atom stereocenters. The Bertz CT molecular complexity index is 889. The summed E-state index contributed by atoms with van der Waals surface area (Å²) in [5, 5.41) is 6.87. The highest BCUT2D eigenvalue weighted by Gasteiger charge is 2.11. The molecular weight excluding hydrogens is 326 g/mol. The summed E-state index contributed by atoms with van der Waals surface area (Å²) in [7, 11) is 0. The van der Waals surface area contributed by atoms with Crippen molar-refractivity contribution >= 4 is 45.7 Å². The fraction of sp³-hybridized carbons (Fsp3) is 0.0556. The van der Waals surface area contributed by atoms with Crippen molar-refractivity contribution in [2.24, 2.45) is 0 Å². The Morgan fingerprint density at radius 3 is 2.42 bits per heavy atom. The van der Waals surface area contributed by atoms with Crippen LogP contribution in [-0.4, -0.2) is 16.8 Å². The molecule has 3 aromatic rings. The number of hydrogen-bond acceptors (Lipinski definition) is 3. The molecule has 2 aromatic carbocycles. The number of carbonyl (C=O) groups is 2. The fourth-order valence-corrected chi connectivity index (χ4v) is 2.41. The van der Waals surface area contributed by atoms with Gasteiger partial charge in [0.2, 0.25) is 11.8 Å². The predicted octanol–water partition coefficient (Wildman–Crippen LogP) is 3.86. The molecule has 2 amide bonds. The number of halogens is 1. The highest BCUT2D eigenvalue weighted by atomic mass is 35.5. The van der Waals surface area contributed by atoms with Gasteiger partial charge in [-0.1, -0.05) is 29.8 Å². The Morgan fingerprint density at radius 2 is 1.62 bits per heavy atom. The molecule has 0 saturated heterocycles. The first-order chi connectivity index (χ1) is 11.6. The van der Waals surface area contributed by atoms with Crippen molar-refractivity contribution < 1.29 is 9.59 Å². The summed E-state index contributed by atoms with van der Waals surface area (Å²) in [6.07, 6.45) is 1.37. The SMILES string of the molecule is O=C(CC(=O)Nc1cccc2cccnc12)Nc1ccc(Cl)cc1. The van der Waals surface area contributed by atoms with E-state index in [4.69, 9.17) is 11.6 Å². The molecular formula is C18H14ClN3O2. The van der Waals surface area contributed by atoms with E-state index < -0.39 is 11.8 Å². The first-order valence-corrected chi connectivity index (χ1v) is 7.68. The zero-order valence-corrected chi connectivity index (χ0v) is 13.4. The minimum Gasteiger partial charge on any atom is -0.326 e. The summed E-state index contributed by atoms with van der Waals surface area (Å²) < 4.78 is 0. The van der Waals surface area contributed by atoms with E-state index in [2.05, 4.69) is 15.6 Å². The van der Waals surface area contributed by atoms with Crippen LogP contribution in [0.2, 0.25) is 5.02 Å². The zero-order valence-electron chi connectivity index (χ0n) is 12.6. The molecule has 2 N–H and O–H groups in total. The molecule has 0 radical (unpaired) electrons. The van der Waals surface area contributed by atoms with E-state index in [9.17, 15) is 9.59 Å². The van der Waals surface area contributed by atoms with Crippen molar-refractivity contribution in [1.82, 2.24) is 4.98 Å². The second kappa shape index (κ2) is 7.10. The van der Waals surface area contributed by atoms with Gasteiger partial charge in [-0.05, 0) is 36.4 Å². The lowest BCUT2D eigenvalue weighted by Gasteiger charge is -2.08. The average molecular weight is 340 g/mol. The summed E-state index contributed by atoms with van der Waals surface area (Å²) in [5.41, 5.74) is 1.85. The maximum atomic E-state index is 12.1. The smallest absolute Gasteiger partial charge is 0.233 e. The van der Waals surface area contributed by atoms with Gasteiger partial charge in [0.15, 0.2) is 0 Å². The van der Waals surface area contributed by atoms with Crippen LogP contribution in [0.25, 0.3) is 10.9 Å². The van der Waals surface area contributed by atoms with Gasteiger partial charge in [0.25, 0.3) is 0 Å². The van der Waals surface area contributed by atoms with Gasteiger partial charge in [0, 0.05) is 22.3 Å². The second-order valence-corrected chi connectivity index (χ2v) is 5.60. The van der Waals surface area contributed by atoms with E-state index in [-0.39, 0.29) is 6.42 Å². The van der Waals surface area contributed by atoms with Crippen LogP contribution in [0.4, 0.5) is 11.4 Å². The monoisotopic (exact) mass is 339 g/mol. The number of aromatic nitrogens is 1. The van der Waals surface area contributed by atoms with Crippen molar-refractivity contribution in [1.29, 1.82) is 0 Å². The molecule has 5 nitrogen and oxygen atoms in total. The quantitative estimate of drug-likeness (QED) is 0.709. The number of para-hydroxylation sites is 1. The van der Waals surface area contributed by atoms with Crippen molar-refractivity contribution in [3.63, 3.8) is 0 Å². The maximum absolute atomic E-state index is 12.1. The average Bonchev–Trinajstić information content (AvgIpc) is 2.57. The maximum Gasteiger partial charge on any atom is 0.233 e. The molecule has 0 saturated carbocycles. The minimum absolute atomic E-state index is 0.286. The second-order valence-electron chi connectivity index (χ2n) is 5.16. The van der Waals surface area contributed by atoms with E-state index in [0.717, 1.165) is 5.39 Å². The normalized spacial score (nSPS) is 10.4. The first kappa shape index (κ1) is 16.0. The molecule has 1 heterocycles. The van der Waals surface area contributed by atoms with Crippen molar-refractivity contribution in [3.8, 4) is 0 Å². The number of nitrogens with zero attached hydrogens (tertiary/aromatic N) is 1. The number of anilines is 2. The number of nitrogens with one attached hydrogen (secondary N) is 2. The zero-order chi connectivity index (χ0) is 16.9. The predicted molar refractivity (Wildman–Crippen MR) is 95.1 cm³/mol. The minimum atomic E-state index is -0.403. The van der Waals surface area contributed by atoms with Crippen LogP contribution in [0.1, 0.15) is 6.42 Å². The number of amides is 2. The Hall–Kier alpha value is -2.92. The van der Waals surface area contributed by atoms with E-state index in [1.165, 1.54) is 0 Å². The molecule has 0 atom stereocenters. The van der Waals surface area contributed by atoms with Crippen LogP contribution in [0.15, 0.2) is 60.8 Å². The molecule has 0 fully saturated rings. The first-order valence-electron chi connectivity index (χ1n) is 7.31. The largest absolute Gasteiger partial charge is 0.326 e. The van der Waals surface area contributed by atoms with Gasteiger partial charge in [0.1, 0.15) is 6.42 Å². The molecule has 0 bridgehead atoms. The molecule has 1 aromatic heterocycles. The Balaban J connectivity index is 1.64. The Morgan fingerprint density at radius 1 is 0.917 bits per heavy atom. The van der Waals surface area contributed by atoms with Gasteiger partial charge in [-0.3, -0.25) is 14.6 Å². The number of carbonyl (C=O) groups excluding carboxylic acids is 2. The fourth-order valence-electron chi connectivity index (χ4n) is 2.28. The third kappa shape index (κ3) is 3.88. The summed E-state index contributed by atoms with van der Waals surface area (Å²) in [6, 6.07) is 15.9. The van der Waals surface area contributed by atoms with Crippen LogP contribution >= 0.6 is 11.6 Å². The van der Waals surface area contributed by atoms with E-state index in [0.29, 0.717) is 21.9 Å². The molecule has 24 heavy (non-hydrogen) atoms. The summed E-state index contributed by atoms with van der Waals surface area (Å²) in [6.45, 7) is 0. The van der Waals surface area contributed by atoms with Crippen LogP contribution in [0.3, 0.4) is 0 Å². The van der Waals surface area contributed by atoms with Crippen LogP contribution < -0.4 is 10.6 Å². The van der Waals surface area contributed by atoms with E-state index in [1.807, 2.05) is 24.3 Å². The van der Waals surface area contributed by atoms with Crippen LogP contribution in [0.5, 0.6) is 0 Å². The van der Waals surface area contributed by atoms with Gasteiger partial charge in [-0.15, -0.1) is 0 Å². The summed E-state index contributed by atoms with van der Waals surface area (Å²) in [5.74, 6) is -0.803. The summed E-state index contributed by atoms with van der Waals surface area (Å²) >= 11 is 5.79. The topological polar surface area (TPSA) is 71.1 Å². The lowest BCUT2D eigenvalue weighted by molar-refractivity contribution is -0.123. The molecule has 0 aliphatic rings. The molecule has 0 aliphatic heterocycles. The number of hydrogen-bond donors (Lipinski definition) is 2. The summed E-state index contributed by atoms with van der Waals surface area (Å²) in [4.78, 5) is 28.3. The molecule has 120 valence electrons. The molecule has 6 heteroatoms. The van der Waals surface area contributed by atoms with Gasteiger partial charge >= 0.3 is 0 Å². The van der Waals surface area contributed by atoms with Crippen LogP contribution in [-0.2, 0) is 9.59 Å². The van der Waals surface area contributed by atoms with E-state index in [1.54, 1.807) is 36.5 Å². The van der Waals surface area contributed by atoms with Gasteiger partial charge in [0.05, 0.1) is 11.2 Å². The lowest BCUT2D eigenvalue weighted by Crippen LogP contribution is -2.21. The molecule has 3 rings (SSSR count). The standard InChI is InChI=1S/C18H14ClN3O2/c19-13-6-8-14(9-7-13)21-16(23)11-17(24)22-15-5-1-3-12-4-2-10-20-18(12)15/h1-10H,11H2,(H,21,23)(H,22,24). The Kier molecular flexibility index (Phi) is 4.72. The van der Waals surface area contributed by atoms with E-state index >= 15 is 0 Å². The van der Waals surface area contributed by atoms with Crippen molar-refractivity contribution in [3.05, 3.63) is 65.8 Å². The van der Waals surface area contributed by atoms with Crippen molar-refractivity contribution in [2.45, 2.75) is 6.42 Å². The number of fused-ring (bicyclic) bond motifs is 1. The Labute approximate surface area is 143 Å². The van der Waals surface area contributed by atoms with Crippen LogP contribution in [0, 0.1) is 0 Å². The molecule has 0 spiro atoms.